The second-order valence-electron chi connectivity index (χ2n) is 4.71. The third-order valence-corrected chi connectivity index (χ3v) is 5.31. The highest BCUT2D eigenvalue weighted by atomic mass is 32.2. The summed E-state index contributed by atoms with van der Waals surface area (Å²) in [6.45, 7) is 0.282. The number of aromatic nitrogens is 1. The third kappa shape index (κ3) is 1.83. The average Bonchev–Trinajstić information content (AvgIpc) is 2.92. The van der Waals surface area contributed by atoms with Crippen molar-refractivity contribution in [2.24, 2.45) is 7.05 Å². The number of nitrogens with zero attached hydrogens (tertiary/aromatic N) is 2. The van der Waals surface area contributed by atoms with Crippen molar-refractivity contribution in [2.45, 2.75) is 6.42 Å². The number of rotatable bonds is 1. The molecule has 6 heteroatoms. The molecule has 1 saturated heterocycles. The molecule has 1 aromatic heterocycles. The first kappa shape index (κ1) is 12.2. The smallest absolute Gasteiger partial charge is 0.268 e. The Balaban J connectivity index is 2.12. The first-order valence-electron chi connectivity index (χ1n) is 6.09. The minimum atomic E-state index is -3.42. The molecule has 5 nitrogen and oxygen atoms in total. The van der Waals surface area contributed by atoms with Crippen molar-refractivity contribution in [2.75, 3.05) is 12.3 Å². The number of hydrogen-bond donors (Lipinski definition) is 0. The summed E-state index contributed by atoms with van der Waals surface area (Å²) in [5, 5.41) is 0.789. The van der Waals surface area contributed by atoms with Crippen LogP contribution >= 0.6 is 0 Å². The summed E-state index contributed by atoms with van der Waals surface area (Å²) in [4.78, 5) is 12.4. The Morgan fingerprint density at radius 2 is 2.05 bits per heavy atom. The van der Waals surface area contributed by atoms with Crippen LogP contribution in [-0.4, -0.2) is 35.5 Å². The monoisotopic (exact) mass is 278 g/mol. The van der Waals surface area contributed by atoms with Gasteiger partial charge in [-0.2, -0.15) is 0 Å². The molecule has 0 atom stereocenters. The molecular formula is C13H14N2O3S. The fourth-order valence-electron chi connectivity index (χ4n) is 2.49. The number of sulfonamides is 1. The Kier molecular flexibility index (Phi) is 2.63. The number of benzene rings is 1. The van der Waals surface area contributed by atoms with Crippen LogP contribution in [0.2, 0.25) is 0 Å². The van der Waals surface area contributed by atoms with E-state index in [0.717, 1.165) is 15.2 Å². The van der Waals surface area contributed by atoms with E-state index in [4.69, 9.17) is 0 Å². The van der Waals surface area contributed by atoms with E-state index in [1.165, 1.54) is 0 Å². The summed E-state index contributed by atoms with van der Waals surface area (Å²) in [6.07, 6.45) is 2.37. The zero-order chi connectivity index (χ0) is 13.6. The third-order valence-electron chi connectivity index (χ3n) is 3.48. The minimum absolute atomic E-state index is 0.0590. The van der Waals surface area contributed by atoms with Crippen molar-refractivity contribution in [3.05, 3.63) is 36.0 Å². The van der Waals surface area contributed by atoms with Gasteiger partial charge in [0.2, 0.25) is 10.0 Å². The molecule has 0 aliphatic carbocycles. The normalized spacial score (nSPS) is 18.1. The van der Waals surface area contributed by atoms with E-state index in [-0.39, 0.29) is 12.3 Å². The standard InChI is InChI=1S/C13H14N2O3S/c1-14-8-6-10-11(4-2-5-12(10)14)13(16)15-7-3-9-19(15,17)18/h2,4-6,8H,3,7,9H2,1H3. The van der Waals surface area contributed by atoms with Gasteiger partial charge in [0.05, 0.1) is 5.75 Å². The number of hydrogen-bond acceptors (Lipinski definition) is 3. The van der Waals surface area contributed by atoms with Crippen LogP contribution < -0.4 is 0 Å². The molecule has 2 heterocycles. The largest absolute Gasteiger partial charge is 0.351 e. The summed E-state index contributed by atoms with van der Waals surface area (Å²) in [5.41, 5.74) is 1.37. The number of carbonyl (C=O) groups excluding carboxylic acids is 1. The SMILES string of the molecule is Cn1ccc2c(C(=O)N3CCCS3(=O)=O)cccc21. The molecule has 19 heavy (non-hydrogen) atoms. The molecule has 0 spiro atoms. The van der Waals surface area contributed by atoms with Crippen LogP contribution in [0, 0.1) is 0 Å². The van der Waals surface area contributed by atoms with Gasteiger partial charge in [-0.1, -0.05) is 6.07 Å². The van der Waals surface area contributed by atoms with Crippen molar-refractivity contribution in [3.8, 4) is 0 Å². The van der Waals surface area contributed by atoms with Crippen molar-refractivity contribution in [1.82, 2.24) is 8.87 Å². The summed E-state index contributed by atoms with van der Waals surface area (Å²) in [6, 6.07) is 7.20. The van der Waals surface area contributed by atoms with Gasteiger partial charge >= 0.3 is 0 Å². The van der Waals surface area contributed by atoms with Gasteiger partial charge in [-0.15, -0.1) is 0 Å². The maximum absolute atomic E-state index is 12.4. The average molecular weight is 278 g/mol. The van der Waals surface area contributed by atoms with Gasteiger partial charge in [0.25, 0.3) is 5.91 Å². The predicted octanol–water partition coefficient (Wildman–Crippen LogP) is 1.35. The lowest BCUT2D eigenvalue weighted by Crippen LogP contribution is -2.32. The summed E-state index contributed by atoms with van der Waals surface area (Å²) in [7, 11) is -1.53. The minimum Gasteiger partial charge on any atom is -0.351 e. The van der Waals surface area contributed by atoms with Gasteiger partial charge in [-0.25, -0.2) is 12.7 Å². The number of fused-ring (bicyclic) bond motifs is 1. The fraction of sp³-hybridized carbons (Fsp3) is 0.308. The van der Waals surface area contributed by atoms with E-state index in [1.807, 2.05) is 29.9 Å². The Morgan fingerprint density at radius 3 is 2.74 bits per heavy atom. The second-order valence-corrected chi connectivity index (χ2v) is 6.72. The summed E-state index contributed by atoms with van der Waals surface area (Å²) in [5.74, 6) is -0.363. The van der Waals surface area contributed by atoms with Crippen molar-refractivity contribution < 1.29 is 13.2 Å². The Labute approximate surface area is 111 Å². The topological polar surface area (TPSA) is 59.4 Å². The maximum Gasteiger partial charge on any atom is 0.268 e. The Hall–Kier alpha value is -1.82. The van der Waals surface area contributed by atoms with E-state index in [0.29, 0.717) is 12.0 Å². The number of aryl methyl sites for hydroxylation is 1. The van der Waals surface area contributed by atoms with Crippen LogP contribution in [-0.2, 0) is 17.1 Å². The Bertz CT molecular complexity index is 761. The molecule has 1 amide bonds. The second kappa shape index (κ2) is 4.09. The van der Waals surface area contributed by atoms with E-state index >= 15 is 0 Å². The predicted molar refractivity (Wildman–Crippen MR) is 72.4 cm³/mol. The maximum atomic E-state index is 12.4. The van der Waals surface area contributed by atoms with E-state index < -0.39 is 15.9 Å². The van der Waals surface area contributed by atoms with Crippen LogP contribution in [0.4, 0.5) is 0 Å². The lowest BCUT2D eigenvalue weighted by atomic mass is 10.1. The van der Waals surface area contributed by atoms with E-state index in [2.05, 4.69) is 0 Å². The first-order chi connectivity index (χ1) is 9.00. The van der Waals surface area contributed by atoms with Gasteiger partial charge in [0.1, 0.15) is 0 Å². The zero-order valence-corrected chi connectivity index (χ0v) is 11.4. The fourth-order valence-corrected chi connectivity index (χ4v) is 3.96. The van der Waals surface area contributed by atoms with Crippen LogP contribution in [0.5, 0.6) is 0 Å². The van der Waals surface area contributed by atoms with Gasteiger partial charge < -0.3 is 4.57 Å². The highest BCUT2D eigenvalue weighted by Gasteiger charge is 2.33. The van der Waals surface area contributed by atoms with Gasteiger partial charge in [0.15, 0.2) is 0 Å². The summed E-state index contributed by atoms with van der Waals surface area (Å²) >= 11 is 0. The molecule has 0 radical (unpaired) electrons. The quantitative estimate of drug-likeness (QED) is 0.791. The lowest BCUT2D eigenvalue weighted by molar-refractivity contribution is 0.0872. The van der Waals surface area contributed by atoms with E-state index in [9.17, 15) is 13.2 Å². The Morgan fingerprint density at radius 1 is 1.26 bits per heavy atom. The van der Waals surface area contributed by atoms with Crippen LogP contribution in [0.3, 0.4) is 0 Å². The van der Waals surface area contributed by atoms with Crippen LogP contribution in [0.15, 0.2) is 30.5 Å². The molecular weight excluding hydrogens is 264 g/mol. The summed E-state index contributed by atoms with van der Waals surface area (Å²) < 4.78 is 26.5. The molecule has 1 aromatic carbocycles. The molecule has 1 aliphatic rings. The van der Waals surface area contributed by atoms with Crippen molar-refractivity contribution in [3.63, 3.8) is 0 Å². The van der Waals surface area contributed by atoms with Crippen LogP contribution in [0.1, 0.15) is 16.8 Å². The molecule has 0 N–H and O–H groups in total. The van der Waals surface area contributed by atoms with Gasteiger partial charge in [-0.3, -0.25) is 4.79 Å². The molecule has 0 unspecified atom stereocenters. The molecule has 3 rings (SSSR count). The van der Waals surface area contributed by atoms with Crippen molar-refractivity contribution in [1.29, 1.82) is 0 Å². The lowest BCUT2D eigenvalue weighted by Gasteiger charge is -2.15. The first-order valence-corrected chi connectivity index (χ1v) is 7.70. The van der Waals surface area contributed by atoms with E-state index in [1.54, 1.807) is 12.1 Å². The zero-order valence-electron chi connectivity index (χ0n) is 10.5. The van der Waals surface area contributed by atoms with Crippen LogP contribution in [0.25, 0.3) is 10.9 Å². The highest BCUT2D eigenvalue weighted by molar-refractivity contribution is 7.89. The molecule has 0 bridgehead atoms. The molecule has 1 aliphatic heterocycles. The molecule has 2 aromatic rings. The van der Waals surface area contributed by atoms with Gasteiger partial charge in [0, 0.05) is 36.3 Å². The number of carbonyl (C=O) groups is 1. The van der Waals surface area contributed by atoms with Crippen molar-refractivity contribution >= 4 is 26.8 Å². The highest BCUT2D eigenvalue weighted by Crippen LogP contribution is 2.24. The molecule has 1 fully saturated rings. The van der Waals surface area contributed by atoms with Gasteiger partial charge in [-0.05, 0) is 24.6 Å². The molecule has 100 valence electrons. The number of amides is 1. The molecule has 0 saturated carbocycles.